The second kappa shape index (κ2) is 6.64. The number of benzene rings is 1. The van der Waals surface area contributed by atoms with Crippen molar-refractivity contribution >= 4 is 21.8 Å². The van der Waals surface area contributed by atoms with E-state index < -0.39 is 28.9 Å². The van der Waals surface area contributed by atoms with Gasteiger partial charge in [-0.05, 0) is 25.0 Å². The average molecular weight is 310 g/mol. The maximum Gasteiger partial charge on any atom is 0.254 e. The second-order valence-electron chi connectivity index (χ2n) is 3.37. The van der Waals surface area contributed by atoms with E-state index in [-0.39, 0.29) is 0 Å². The first-order valence-electron chi connectivity index (χ1n) is 5.05. The van der Waals surface area contributed by atoms with Crippen molar-refractivity contribution in [2.24, 2.45) is 0 Å². The predicted octanol–water partition coefficient (Wildman–Crippen LogP) is 3.01. The molecule has 6 heteroatoms. The third-order valence-corrected chi connectivity index (χ3v) is 2.69. The molecule has 0 saturated carbocycles. The van der Waals surface area contributed by atoms with Gasteiger partial charge in [-0.2, -0.15) is 0 Å². The van der Waals surface area contributed by atoms with E-state index in [4.69, 9.17) is 0 Å². The van der Waals surface area contributed by atoms with Gasteiger partial charge in [0.05, 0.1) is 5.56 Å². The fraction of sp³-hybridized carbons (Fsp3) is 0.364. The van der Waals surface area contributed by atoms with Gasteiger partial charge in [-0.3, -0.25) is 4.79 Å². The normalized spacial score (nSPS) is 10.4. The lowest BCUT2D eigenvalue weighted by Gasteiger charge is -2.06. The van der Waals surface area contributed by atoms with Gasteiger partial charge in [0.2, 0.25) is 0 Å². The molecule has 0 radical (unpaired) electrons. The zero-order valence-corrected chi connectivity index (χ0v) is 10.5. The zero-order chi connectivity index (χ0) is 12.8. The van der Waals surface area contributed by atoms with Gasteiger partial charge >= 0.3 is 0 Å². The molecule has 1 aromatic carbocycles. The molecule has 0 aromatic heterocycles. The van der Waals surface area contributed by atoms with E-state index in [2.05, 4.69) is 21.2 Å². The lowest BCUT2D eigenvalue weighted by Crippen LogP contribution is -2.26. The Labute approximate surface area is 105 Å². The standard InChI is InChI=1S/C11H11BrF3NO/c12-5-1-2-6-16-11(17)7-3-4-8(13)10(15)9(7)14/h3-4H,1-2,5-6H2,(H,16,17). The van der Waals surface area contributed by atoms with Crippen molar-refractivity contribution in [3.05, 3.63) is 35.1 Å². The first-order chi connectivity index (χ1) is 8.07. The van der Waals surface area contributed by atoms with Crippen LogP contribution in [-0.2, 0) is 0 Å². The number of rotatable bonds is 5. The lowest BCUT2D eigenvalue weighted by molar-refractivity contribution is 0.0948. The average Bonchev–Trinajstić information content (AvgIpc) is 2.31. The van der Waals surface area contributed by atoms with Gasteiger partial charge in [-0.15, -0.1) is 0 Å². The number of hydrogen-bond donors (Lipinski definition) is 1. The number of alkyl halides is 1. The van der Waals surface area contributed by atoms with Gasteiger partial charge < -0.3 is 5.32 Å². The molecular weight excluding hydrogens is 299 g/mol. The highest BCUT2D eigenvalue weighted by molar-refractivity contribution is 9.09. The molecule has 0 spiro atoms. The molecule has 0 bridgehead atoms. The zero-order valence-electron chi connectivity index (χ0n) is 8.90. The fourth-order valence-corrected chi connectivity index (χ4v) is 1.61. The highest BCUT2D eigenvalue weighted by Crippen LogP contribution is 2.14. The van der Waals surface area contributed by atoms with E-state index in [1.54, 1.807) is 0 Å². The number of halogens is 4. The quantitative estimate of drug-likeness (QED) is 0.505. The molecule has 0 aliphatic rings. The van der Waals surface area contributed by atoms with Gasteiger partial charge in [0.25, 0.3) is 5.91 Å². The van der Waals surface area contributed by atoms with Crippen LogP contribution >= 0.6 is 15.9 Å². The van der Waals surface area contributed by atoms with Crippen LogP contribution in [-0.4, -0.2) is 17.8 Å². The SMILES string of the molecule is O=C(NCCCCBr)c1ccc(F)c(F)c1F. The summed E-state index contributed by atoms with van der Waals surface area (Å²) < 4.78 is 38.7. The highest BCUT2D eigenvalue weighted by Gasteiger charge is 2.18. The van der Waals surface area contributed by atoms with Crippen molar-refractivity contribution in [3.63, 3.8) is 0 Å². The summed E-state index contributed by atoms with van der Waals surface area (Å²) in [4.78, 5) is 11.4. The molecule has 2 nitrogen and oxygen atoms in total. The van der Waals surface area contributed by atoms with Gasteiger partial charge in [0, 0.05) is 11.9 Å². The summed E-state index contributed by atoms with van der Waals surface area (Å²) in [6.45, 7) is 0.364. The molecule has 0 heterocycles. The summed E-state index contributed by atoms with van der Waals surface area (Å²) in [6, 6.07) is 1.65. The number of hydrogen-bond acceptors (Lipinski definition) is 1. The number of amides is 1. The van der Waals surface area contributed by atoms with Crippen LogP contribution in [0.1, 0.15) is 23.2 Å². The van der Waals surface area contributed by atoms with Crippen molar-refractivity contribution in [2.75, 3.05) is 11.9 Å². The Morgan fingerprint density at radius 2 is 1.88 bits per heavy atom. The fourth-order valence-electron chi connectivity index (χ4n) is 1.22. The van der Waals surface area contributed by atoms with E-state index in [1.165, 1.54) is 0 Å². The van der Waals surface area contributed by atoms with Crippen LogP contribution in [0.3, 0.4) is 0 Å². The molecule has 0 aliphatic carbocycles. The minimum atomic E-state index is -1.63. The van der Waals surface area contributed by atoms with E-state index in [0.29, 0.717) is 6.54 Å². The van der Waals surface area contributed by atoms with Crippen molar-refractivity contribution < 1.29 is 18.0 Å². The summed E-state index contributed by atoms with van der Waals surface area (Å²) in [5.74, 6) is -5.13. The highest BCUT2D eigenvalue weighted by atomic mass is 79.9. The Hall–Kier alpha value is -1.04. The third-order valence-electron chi connectivity index (χ3n) is 2.13. The van der Waals surface area contributed by atoms with Crippen LogP contribution in [0.2, 0.25) is 0 Å². The summed E-state index contributed by atoms with van der Waals surface area (Å²) >= 11 is 3.23. The van der Waals surface area contributed by atoms with Crippen LogP contribution in [0.25, 0.3) is 0 Å². The van der Waals surface area contributed by atoms with Crippen molar-refractivity contribution in [3.8, 4) is 0 Å². The topological polar surface area (TPSA) is 29.1 Å². The van der Waals surface area contributed by atoms with E-state index >= 15 is 0 Å². The number of carbonyl (C=O) groups excluding carboxylic acids is 1. The van der Waals surface area contributed by atoms with E-state index in [0.717, 1.165) is 30.3 Å². The molecule has 0 fully saturated rings. The third kappa shape index (κ3) is 3.73. The van der Waals surface area contributed by atoms with Crippen molar-refractivity contribution in [2.45, 2.75) is 12.8 Å². The Morgan fingerprint density at radius 1 is 1.18 bits per heavy atom. The minimum absolute atomic E-state index is 0.364. The van der Waals surface area contributed by atoms with Gasteiger partial charge in [0.15, 0.2) is 17.5 Å². The summed E-state index contributed by atoms with van der Waals surface area (Å²) in [5.41, 5.74) is -0.484. The molecule has 0 aliphatic heterocycles. The molecule has 17 heavy (non-hydrogen) atoms. The smallest absolute Gasteiger partial charge is 0.254 e. The summed E-state index contributed by atoms with van der Waals surface area (Å²) in [6.07, 6.45) is 1.59. The van der Waals surface area contributed by atoms with Crippen LogP contribution in [0, 0.1) is 17.5 Å². The van der Waals surface area contributed by atoms with Gasteiger partial charge in [0.1, 0.15) is 0 Å². The Bertz CT molecular complexity index is 412. The number of nitrogens with one attached hydrogen (secondary N) is 1. The van der Waals surface area contributed by atoms with E-state index in [1.807, 2.05) is 0 Å². The molecule has 1 amide bonds. The van der Waals surface area contributed by atoms with Crippen molar-refractivity contribution in [1.82, 2.24) is 5.32 Å². The van der Waals surface area contributed by atoms with Gasteiger partial charge in [-0.1, -0.05) is 15.9 Å². The number of carbonyl (C=O) groups is 1. The Kier molecular flexibility index (Phi) is 5.47. The Balaban J connectivity index is 2.66. The molecule has 0 atom stereocenters. The monoisotopic (exact) mass is 309 g/mol. The van der Waals surface area contributed by atoms with Crippen LogP contribution in [0.4, 0.5) is 13.2 Å². The van der Waals surface area contributed by atoms with Crippen LogP contribution in [0.15, 0.2) is 12.1 Å². The summed E-state index contributed by atoms with van der Waals surface area (Å²) in [5, 5.41) is 3.24. The van der Waals surface area contributed by atoms with Crippen LogP contribution < -0.4 is 5.32 Å². The minimum Gasteiger partial charge on any atom is -0.352 e. The second-order valence-corrected chi connectivity index (χ2v) is 4.17. The van der Waals surface area contributed by atoms with Crippen molar-refractivity contribution in [1.29, 1.82) is 0 Å². The first kappa shape index (κ1) is 14.0. The first-order valence-corrected chi connectivity index (χ1v) is 6.17. The van der Waals surface area contributed by atoms with Crippen LogP contribution in [0.5, 0.6) is 0 Å². The molecule has 0 unspecified atom stereocenters. The maximum absolute atomic E-state index is 13.2. The molecule has 94 valence electrons. The molecule has 1 rings (SSSR count). The molecule has 1 N–H and O–H groups in total. The largest absolute Gasteiger partial charge is 0.352 e. The van der Waals surface area contributed by atoms with E-state index in [9.17, 15) is 18.0 Å². The Morgan fingerprint density at radius 3 is 2.53 bits per heavy atom. The molecule has 1 aromatic rings. The predicted molar refractivity (Wildman–Crippen MR) is 61.7 cm³/mol. The van der Waals surface area contributed by atoms with Gasteiger partial charge in [-0.25, -0.2) is 13.2 Å². The lowest BCUT2D eigenvalue weighted by atomic mass is 10.2. The number of unbranched alkanes of at least 4 members (excludes halogenated alkanes) is 1. The maximum atomic E-state index is 13.2. The summed E-state index contributed by atoms with van der Waals surface area (Å²) in [7, 11) is 0. The molecular formula is C11H11BrF3NO. The molecule has 0 saturated heterocycles.